The Balaban J connectivity index is 1.84. The Bertz CT molecular complexity index is 1040. The van der Waals surface area contributed by atoms with Gasteiger partial charge < -0.3 is 10.4 Å². The highest BCUT2D eigenvalue weighted by Crippen LogP contribution is 2.34. The van der Waals surface area contributed by atoms with Crippen molar-refractivity contribution in [3.8, 4) is 0 Å². The summed E-state index contributed by atoms with van der Waals surface area (Å²) in [6, 6.07) is 23.4. The Hall–Kier alpha value is -3.18. The second-order valence-electron chi connectivity index (χ2n) is 6.70. The van der Waals surface area contributed by atoms with Crippen LogP contribution >= 0.6 is 0 Å². The molecule has 136 valence electrons. The number of rotatable bonds is 5. The van der Waals surface area contributed by atoms with Gasteiger partial charge >= 0.3 is 0 Å². The first-order valence-corrected chi connectivity index (χ1v) is 8.99. The quantitative estimate of drug-likeness (QED) is 0.564. The number of aliphatic hydroxyl groups is 1. The van der Waals surface area contributed by atoms with Crippen molar-refractivity contribution in [1.29, 1.82) is 0 Å². The standard InChI is InChI=1S/C22H22N4O/c1-15-7-9-17(10-8-15)22(27)21(16-11-13-18(23-2)14-12-16)26-20-6-4-3-5-19(20)24-25-26/h3-14,21-23,27H,1-2H3. The van der Waals surface area contributed by atoms with Gasteiger partial charge in [-0.15, -0.1) is 5.10 Å². The summed E-state index contributed by atoms with van der Waals surface area (Å²) < 4.78 is 1.81. The van der Waals surface area contributed by atoms with Crippen LogP contribution in [0.3, 0.4) is 0 Å². The lowest BCUT2D eigenvalue weighted by Gasteiger charge is -2.25. The van der Waals surface area contributed by atoms with Gasteiger partial charge in [-0.2, -0.15) is 0 Å². The number of hydrogen-bond donors (Lipinski definition) is 2. The number of aryl methyl sites for hydroxylation is 1. The van der Waals surface area contributed by atoms with Gasteiger partial charge in [0.05, 0.1) is 5.52 Å². The molecule has 0 amide bonds. The van der Waals surface area contributed by atoms with Crippen molar-refractivity contribution >= 4 is 16.7 Å². The van der Waals surface area contributed by atoms with Crippen LogP contribution in [-0.2, 0) is 0 Å². The third kappa shape index (κ3) is 3.29. The topological polar surface area (TPSA) is 63.0 Å². The van der Waals surface area contributed by atoms with E-state index >= 15 is 0 Å². The smallest absolute Gasteiger partial charge is 0.113 e. The number of aliphatic hydroxyl groups excluding tert-OH is 1. The average Bonchev–Trinajstić information content (AvgIpc) is 3.13. The molecule has 1 heterocycles. The number of anilines is 1. The van der Waals surface area contributed by atoms with Crippen molar-refractivity contribution in [2.24, 2.45) is 0 Å². The second-order valence-corrected chi connectivity index (χ2v) is 6.70. The van der Waals surface area contributed by atoms with Gasteiger partial charge in [0.25, 0.3) is 0 Å². The first-order valence-electron chi connectivity index (χ1n) is 8.99. The maximum Gasteiger partial charge on any atom is 0.113 e. The molecule has 0 aliphatic carbocycles. The van der Waals surface area contributed by atoms with Gasteiger partial charge in [-0.05, 0) is 42.3 Å². The Morgan fingerprint density at radius 2 is 1.56 bits per heavy atom. The molecule has 0 saturated heterocycles. The number of hydrogen-bond acceptors (Lipinski definition) is 4. The van der Waals surface area contributed by atoms with Crippen molar-refractivity contribution in [1.82, 2.24) is 15.0 Å². The van der Waals surface area contributed by atoms with Gasteiger partial charge in [0.2, 0.25) is 0 Å². The molecule has 2 N–H and O–H groups in total. The summed E-state index contributed by atoms with van der Waals surface area (Å²) in [5, 5.41) is 23.1. The van der Waals surface area contributed by atoms with Crippen LogP contribution in [-0.4, -0.2) is 27.1 Å². The number of fused-ring (bicyclic) bond motifs is 1. The summed E-state index contributed by atoms with van der Waals surface area (Å²) in [4.78, 5) is 0. The van der Waals surface area contributed by atoms with E-state index in [1.165, 1.54) is 0 Å². The van der Waals surface area contributed by atoms with Crippen LogP contribution in [0.25, 0.3) is 11.0 Å². The van der Waals surface area contributed by atoms with E-state index in [1.54, 1.807) is 0 Å². The molecule has 0 aliphatic heterocycles. The Kier molecular flexibility index (Phi) is 4.60. The minimum atomic E-state index is -0.754. The molecule has 1 aromatic heterocycles. The lowest BCUT2D eigenvalue weighted by Crippen LogP contribution is -2.20. The molecule has 3 aromatic carbocycles. The normalized spacial score (nSPS) is 13.4. The molecule has 0 aliphatic rings. The van der Waals surface area contributed by atoms with Gasteiger partial charge in [-0.25, -0.2) is 4.68 Å². The van der Waals surface area contributed by atoms with E-state index in [2.05, 4.69) is 15.6 Å². The number of aromatic nitrogens is 3. The van der Waals surface area contributed by atoms with E-state index in [4.69, 9.17) is 0 Å². The number of benzene rings is 3. The summed E-state index contributed by atoms with van der Waals surface area (Å²) in [6.45, 7) is 2.04. The Labute approximate surface area is 158 Å². The van der Waals surface area contributed by atoms with Crippen LogP contribution in [0.1, 0.15) is 28.8 Å². The van der Waals surface area contributed by atoms with Crippen LogP contribution < -0.4 is 5.32 Å². The van der Waals surface area contributed by atoms with Gasteiger partial charge in [-0.3, -0.25) is 0 Å². The van der Waals surface area contributed by atoms with Crippen LogP contribution in [0.15, 0.2) is 72.8 Å². The lowest BCUT2D eigenvalue weighted by atomic mass is 9.95. The minimum absolute atomic E-state index is 0.383. The summed E-state index contributed by atoms with van der Waals surface area (Å²) in [5.74, 6) is 0. The highest BCUT2D eigenvalue weighted by Gasteiger charge is 2.27. The highest BCUT2D eigenvalue weighted by molar-refractivity contribution is 5.74. The zero-order chi connectivity index (χ0) is 18.8. The fraction of sp³-hybridized carbons (Fsp3) is 0.182. The lowest BCUT2D eigenvalue weighted by molar-refractivity contribution is 0.126. The zero-order valence-electron chi connectivity index (χ0n) is 15.4. The minimum Gasteiger partial charge on any atom is -0.388 e. The summed E-state index contributed by atoms with van der Waals surface area (Å²) >= 11 is 0. The van der Waals surface area contributed by atoms with E-state index in [1.807, 2.05) is 91.4 Å². The molecule has 0 radical (unpaired) electrons. The molecule has 27 heavy (non-hydrogen) atoms. The number of para-hydroxylation sites is 1. The third-order valence-electron chi connectivity index (χ3n) is 4.90. The maximum absolute atomic E-state index is 11.3. The van der Waals surface area contributed by atoms with Crippen LogP contribution in [0.2, 0.25) is 0 Å². The number of nitrogens with one attached hydrogen (secondary N) is 1. The van der Waals surface area contributed by atoms with E-state index in [0.717, 1.165) is 33.4 Å². The largest absolute Gasteiger partial charge is 0.388 e. The molecule has 2 unspecified atom stereocenters. The molecule has 5 nitrogen and oxygen atoms in total. The Morgan fingerprint density at radius 1 is 0.889 bits per heavy atom. The van der Waals surface area contributed by atoms with Crippen molar-refractivity contribution in [3.05, 3.63) is 89.5 Å². The van der Waals surface area contributed by atoms with Gasteiger partial charge in [-0.1, -0.05) is 59.3 Å². The predicted molar refractivity (Wildman–Crippen MR) is 108 cm³/mol. The molecule has 0 fully saturated rings. The molecule has 4 rings (SSSR count). The molecular formula is C22H22N4O. The SMILES string of the molecule is CNc1ccc(C(C(O)c2ccc(C)cc2)n2nnc3ccccc32)cc1. The third-order valence-corrected chi connectivity index (χ3v) is 4.90. The maximum atomic E-state index is 11.3. The second kappa shape index (κ2) is 7.21. The first kappa shape index (κ1) is 17.2. The Morgan fingerprint density at radius 3 is 2.26 bits per heavy atom. The molecule has 4 aromatic rings. The van der Waals surface area contributed by atoms with E-state index in [0.29, 0.717) is 0 Å². The first-order chi connectivity index (χ1) is 13.2. The van der Waals surface area contributed by atoms with Crippen molar-refractivity contribution < 1.29 is 5.11 Å². The van der Waals surface area contributed by atoms with Crippen LogP contribution in [0.4, 0.5) is 5.69 Å². The molecule has 0 bridgehead atoms. The fourth-order valence-corrected chi connectivity index (χ4v) is 3.34. The van der Waals surface area contributed by atoms with E-state index in [-0.39, 0.29) is 6.04 Å². The molecule has 2 atom stereocenters. The van der Waals surface area contributed by atoms with Crippen LogP contribution in [0.5, 0.6) is 0 Å². The summed E-state index contributed by atoms with van der Waals surface area (Å²) in [5.41, 5.74) is 5.70. The van der Waals surface area contributed by atoms with Gasteiger partial charge in [0, 0.05) is 12.7 Å². The molecular weight excluding hydrogens is 336 g/mol. The summed E-state index contributed by atoms with van der Waals surface area (Å²) in [6.07, 6.45) is -0.754. The summed E-state index contributed by atoms with van der Waals surface area (Å²) in [7, 11) is 1.89. The van der Waals surface area contributed by atoms with Crippen LogP contribution in [0, 0.1) is 6.92 Å². The van der Waals surface area contributed by atoms with Gasteiger partial charge in [0.1, 0.15) is 17.7 Å². The predicted octanol–water partition coefficient (Wildman–Crippen LogP) is 4.10. The molecule has 0 spiro atoms. The molecule has 5 heteroatoms. The highest BCUT2D eigenvalue weighted by atomic mass is 16.3. The monoisotopic (exact) mass is 358 g/mol. The fourth-order valence-electron chi connectivity index (χ4n) is 3.34. The van der Waals surface area contributed by atoms with Crippen molar-refractivity contribution in [3.63, 3.8) is 0 Å². The number of nitrogens with zero attached hydrogens (tertiary/aromatic N) is 3. The van der Waals surface area contributed by atoms with Gasteiger partial charge in [0.15, 0.2) is 0 Å². The zero-order valence-corrected chi connectivity index (χ0v) is 15.4. The van der Waals surface area contributed by atoms with Crippen molar-refractivity contribution in [2.75, 3.05) is 12.4 Å². The molecule has 0 saturated carbocycles. The van der Waals surface area contributed by atoms with E-state index < -0.39 is 6.10 Å². The van der Waals surface area contributed by atoms with E-state index in [9.17, 15) is 5.11 Å². The average molecular weight is 358 g/mol. The van der Waals surface area contributed by atoms with Crippen molar-refractivity contribution in [2.45, 2.75) is 19.1 Å².